The van der Waals surface area contributed by atoms with Crippen LogP contribution in [0.25, 0.3) is 0 Å². The molecule has 0 aliphatic heterocycles. The standard InChI is InChI=1S/C16H14ClFO2/c1-9-6-10(2)15(14(7-9)20-3)16(19)11-4-5-12(17)13(18)8-11/h4-8H,1-3H3. The van der Waals surface area contributed by atoms with Gasteiger partial charge in [0.1, 0.15) is 11.6 Å². The lowest BCUT2D eigenvalue weighted by atomic mass is 9.96. The second kappa shape index (κ2) is 5.63. The van der Waals surface area contributed by atoms with E-state index < -0.39 is 5.82 Å². The Morgan fingerprint density at radius 1 is 1.20 bits per heavy atom. The molecule has 0 amide bonds. The van der Waals surface area contributed by atoms with Gasteiger partial charge in [0.2, 0.25) is 0 Å². The van der Waals surface area contributed by atoms with Crippen molar-refractivity contribution in [2.45, 2.75) is 13.8 Å². The second-order valence-corrected chi connectivity index (χ2v) is 5.02. The Labute approximate surface area is 122 Å². The topological polar surface area (TPSA) is 26.3 Å². The highest BCUT2D eigenvalue weighted by molar-refractivity contribution is 6.30. The lowest BCUT2D eigenvalue weighted by Crippen LogP contribution is -2.07. The zero-order chi connectivity index (χ0) is 14.9. The van der Waals surface area contributed by atoms with Crippen LogP contribution >= 0.6 is 11.6 Å². The molecule has 0 fully saturated rings. The molecule has 0 unspecified atom stereocenters. The van der Waals surface area contributed by atoms with Crippen molar-refractivity contribution in [1.82, 2.24) is 0 Å². The van der Waals surface area contributed by atoms with Gasteiger partial charge in [0, 0.05) is 5.56 Å². The average molecular weight is 293 g/mol. The van der Waals surface area contributed by atoms with E-state index in [0.29, 0.717) is 11.3 Å². The molecule has 2 aromatic rings. The normalized spacial score (nSPS) is 10.4. The van der Waals surface area contributed by atoms with Crippen LogP contribution in [0.3, 0.4) is 0 Å². The summed E-state index contributed by atoms with van der Waals surface area (Å²) < 4.78 is 18.7. The Bertz CT molecular complexity index is 680. The van der Waals surface area contributed by atoms with Crippen LogP contribution in [-0.2, 0) is 0 Å². The maximum atomic E-state index is 13.5. The molecule has 0 radical (unpaired) electrons. The minimum Gasteiger partial charge on any atom is -0.496 e. The summed E-state index contributed by atoms with van der Waals surface area (Å²) in [4.78, 5) is 12.5. The molecule has 0 spiro atoms. The molecule has 0 atom stereocenters. The third-order valence-corrected chi connectivity index (χ3v) is 3.38. The highest BCUT2D eigenvalue weighted by Crippen LogP contribution is 2.27. The predicted octanol–water partition coefficient (Wildman–Crippen LogP) is 4.34. The van der Waals surface area contributed by atoms with Crippen LogP contribution in [0.2, 0.25) is 5.02 Å². The fourth-order valence-corrected chi connectivity index (χ4v) is 2.28. The first kappa shape index (κ1) is 14.5. The van der Waals surface area contributed by atoms with Gasteiger partial charge >= 0.3 is 0 Å². The summed E-state index contributed by atoms with van der Waals surface area (Å²) in [5, 5.41) is -0.00542. The maximum Gasteiger partial charge on any atom is 0.197 e. The van der Waals surface area contributed by atoms with Crippen LogP contribution in [0.4, 0.5) is 4.39 Å². The third-order valence-electron chi connectivity index (χ3n) is 3.07. The van der Waals surface area contributed by atoms with Crippen LogP contribution in [0.15, 0.2) is 30.3 Å². The van der Waals surface area contributed by atoms with Crippen molar-refractivity contribution in [1.29, 1.82) is 0 Å². The predicted molar refractivity (Wildman–Crippen MR) is 77.3 cm³/mol. The number of carbonyl (C=O) groups excluding carboxylic acids is 1. The van der Waals surface area contributed by atoms with Gasteiger partial charge in [-0.3, -0.25) is 4.79 Å². The summed E-state index contributed by atoms with van der Waals surface area (Å²) in [5.41, 5.74) is 2.48. The van der Waals surface area contributed by atoms with Crippen molar-refractivity contribution in [2.24, 2.45) is 0 Å². The molecular weight excluding hydrogens is 279 g/mol. The van der Waals surface area contributed by atoms with Crippen molar-refractivity contribution >= 4 is 17.4 Å². The van der Waals surface area contributed by atoms with Crippen molar-refractivity contribution in [3.8, 4) is 5.75 Å². The molecule has 0 saturated carbocycles. The number of benzene rings is 2. The number of rotatable bonds is 3. The summed E-state index contributed by atoms with van der Waals surface area (Å²) in [5.74, 6) is -0.404. The molecule has 0 bridgehead atoms. The summed E-state index contributed by atoms with van der Waals surface area (Å²) in [6.07, 6.45) is 0. The van der Waals surface area contributed by atoms with Gasteiger partial charge in [-0.2, -0.15) is 0 Å². The molecule has 0 aliphatic carbocycles. The summed E-state index contributed by atoms with van der Waals surface area (Å²) in [7, 11) is 1.51. The fourth-order valence-electron chi connectivity index (χ4n) is 2.16. The molecule has 2 nitrogen and oxygen atoms in total. The first-order valence-electron chi connectivity index (χ1n) is 6.09. The van der Waals surface area contributed by atoms with Crippen LogP contribution < -0.4 is 4.74 Å². The van der Waals surface area contributed by atoms with E-state index in [0.717, 1.165) is 17.2 Å². The van der Waals surface area contributed by atoms with Crippen molar-refractivity contribution in [3.05, 3.63) is 63.4 Å². The molecule has 0 saturated heterocycles. The van der Waals surface area contributed by atoms with Gasteiger partial charge < -0.3 is 4.74 Å². The van der Waals surface area contributed by atoms with E-state index in [1.54, 1.807) is 6.07 Å². The average Bonchev–Trinajstić information content (AvgIpc) is 2.40. The molecule has 2 aromatic carbocycles. The van der Waals surface area contributed by atoms with E-state index in [1.165, 1.54) is 19.2 Å². The molecule has 2 rings (SSSR count). The Kier molecular flexibility index (Phi) is 4.09. The number of hydrogen-bond donors (Lipinski definition) is 0. The van der Waals surface area contributed by atoms with Crippen LogP contribution in [0.5, 0.6) is 5.75 Å². The first-order valence-corrected chi connectivity index (χ1v) is 6.47. The maximum absolute atomic E-state index is 13.5. The zero-order valence-corrected chi connectivity index (χ0v) is 12.2. The number of carbonyl (C=O) groups is 1. The van der Waals surface area contributed by atoms with Crippen molar-refractivity contribution < 1.29 is 13.9 Å². The third kappa shape index (κ3) is 2.68. The quantitative estimate of drug-likeness (QED) is 0.787. The van der Waals surface area contributed by atoms with Gasteiger partial charge in [-0.25, -0.2) is 4.39 Å². The Hall–Kier alpha value is -1.87. The van der Waals surface area contributed by atoms with E-state index in [4.69, 9.17) is 16.3 Å². The van der Waals surface area contributed by atoms with Gasteiger partial charge in [-0.05, 0) is 49.2 Å². The molecule has 4 heteroatoms. The van der Waals surface area contributed by atoms with Gasteiger partial charge in [-0.15, -0.1) is 0 Å². The van der Waals surface area contributed by atoms with Crippen LogP contribution in [0.1, 0.15) is 27.0 Å². The van der Waals surface area contributed by atoms with E-state index in [1.807, 2.05) is 19.9 Å². The van der Waals surface area contributed by atoms with E-state index in [2.05, 4.69) is 0 Å². The molecule has 20 heavy (non-hydrogen) atoms. The van der Waals surface area contributed by atoms with Crippen LogP contribution in [-0.4, -0.2) is 12.9 Å². The number of aryl methyl sites for hydroxylation is 2. The number of ketones is 1. The Balaban J connectivity index is 2.55. The number of halogens is 2. The first-order chi connectivity index (χ1) is 9.43. The second-order valence-electron chi connectivity index (χ2n) is 4.62. The molecule has 0 aromatic heterocycles. The number of hydrogen-bond acceptors (Lipinski definition) is 2. The number of ether oxygens (including phenoxy) is 1. The molecule has 0 aliphatic rings. The highest BCUT2D eigenvalue weighted by Gasteiger charge is 2.18. The Morgan fingerprint density at radius 2 is 1.90 bits per heavy atom. The minimum absolute atomic E-state index is 0.00542. The monoisotopic (exact) mass is 292 g/mol. The van der Waals surface area contributed by atoms with Gasteiger partial charge in [0.25, 0.3) is 0 Å². The molecule has 104 valence electrons. The van der Waals surface area contributed by atoms with E-state index in [9.17, 15) is 9.18 Å². The summed E-state index contributed by atoms with van der Waals surface area (Å²) in [6.45, 7) is 3.75. The van der Waals surface area contributed by atoms with Crippen molar-refractivity contribution in [2.75, 3.05) is 7.11 Å². The molecule has 0 N–H and O–H groups in total. The van der Waals surface area contributed by atoms with Gasteiger partial charge in [0.05, 0.1) is 17.7 Å². The summed E-state index contributed by atoms with van der Waals surface area (Å²) in [6, 6.07) is 7.70. The summed E-state index contributed by atoms with van der Waals surface area (Å²) >= 11 is 5.63. The van der Waals surface area contributed by atoms with Crippen LogP contribution in [0, 0.1) is 19.7 Å². The Morgan fingerprint density at radius 3 is 2.50 bits per heavy atom. The zero-order valence-electron chi connectivity index (χ0n) is 11.5. The number of methoxy groups -OCH3 is 1. The van der Waals surface area contributed by atoms with E-state index in [-0.39, 0.29) is 16.4 Å². The SMILES string of the molecule is COc1cc(C)cc(C)c1C(=O)c1ccc(Cl)c(F)c1. The smallest absolute Gasteiger partial charge is 0.197 e. The molecular formula is C16H14ClFO2. The van der Waals surface area contributed by atoms with Gasteiger partial charge in [-0.1, -0.05) is 17.7 Å². The largest absolute Gasteiger partial charge is 0.496 e. The highest BCUT2D eigenvalue weighted by atomic mass is 35.5. The van der Waals surface area contributed by atoms with Gasteiger partial charge in [0.15, 0.2) is 5.78 Å². The molecule has 0 heterocycles. The fraction of sp³-hybridized carbons (Fsp3) is 0.188. The lowest BCUT2D eigenvalue weighted by molar-refractivity contribution is 0.103. The van der Waals surface area contributed by atoms with Crippen molar-refractivity contribution in [3.63, 3.8) is 0 Å². The minimum atomic E-state index is -0.610. The van der Waals surface area contributed by atoms with E-state index >= 15 is 0 Å². The lowest BCUT2D eigenvalue weighted by Gasteiger charge is -2.12.